The first-order chi connectivity index (χ1) is 8.63. The number of hydrogen-bond donors (Lipinski definition) is 1. The maximum absolute atomic E-state index is 5.67. The van der Waals surface area contributed by atoms with Gasteiger partial charge in [-0.1, -0.05) is 13.0 Å². The van der Waals surface area contributed by atoms with Crippen LogP contribution in [0, 0.1) is 12.8 Å². The van der Waals surface area contributed by atoms with E-state index in [0.717, 1.165) is 28.8 Å². The van der Waals surface area contributed by atoms with Crippen molar-refractivity contribution in [2.24, 2.45) is 11.7 Å². The van der Waals surface area contributed by atoms with Gasteiger partial charge in [0.25, 0.3) is 0 Å². The van der Waals surface area contributed by atoms with Crippen LogP contribution in [0.2, 0.25) is 0 Å². The summed E-state index contributed by atoms with van der Waals surface area (Å²) in [6.07, 6.45) is 0.990. The molecular weight excluding hydrogens is 224 g/mol. The van der Waals surface area contributed by atoms with Crippen molar-refractivity contribution in [1.82, 2.24) is 4.98 Å². The number of methoxy groups -OCH3 is 1. The van der Waals surface area contributed by atoms with Crippen molar-refractivity contribution in [3.8, 4) is 5.75 Å². The van der Waals surface area contributed by atoms with Gasteiger partial charge in [0.15, 0.2) is 0 Å². The molecule has 0 fully saturated rings. The first kappa shape index (κ1) is 12.8. The number of fused-ring (bicyclic) bond motifs is 1. The quantitative estimate of drug-likeness (QED) is 0.899. The third-order valence-electron chi connectivity index (χ3n) is 3.17. The molecule has 3 heteroatoms. The molecule has 3 nitrogen and oxygen atoms in total. The molecule has 1 heterocycles. The Bertz CT molecular complexity index is 551. The Labute approximate surface area is 108 Å². The van der Waals surface area contributed by atoms with E-state index >= 15 is 0 Å². The summed E-state index contributed by atoms with van der Waals surface area (Å²) in [7, 11) is 1.70. The largest absolute Gasteiger partial charge is 0.496 e. The van der Waals surface area contributed by atoms with Gasteiger partial charge in [0, 0.05) is 17.1 Å². The van der Waals surface area contributed by atoms with Crippen molar-refractivity contribution in [2.45, 2.75) is 20.3 Å². The number of nitrogens with two attached hydrogens (primary N) is 1. The zero-order chi connectivity index (χ0) is 13.1. The standard InChI is InChI=1S/C15H20N2O/c1-10(9-16)6-12-4-5-14-13(8-12)15(18-3)7-11(2)17-14/h4-5,7-8,10H,6,9,16H2,1-3H3. The normalized spacial score (nSPS) is 12.7. The molecule has 0 saturated heterocycles. The Kier molecular flexibility index (Phi) is 3.82. The summed E-state index contributed by atoms with van der Waals surface area (Å²) in [5, 5.41) is 1.07. The molecule has 0 bridgehead atoms. The smallest absolute Gasteiger partial charge is 0.130 e. The van der Waals surface area contributed by atoms with Gasteiger partial charge in [-0.3, -0.25) is 4.98 Å². The predicted molar refractivity (Wildman–Crippen MR) is 75.0 cm³/mol. The van der Waals surface area contributed by atoms with Crippen molar-refractivity contribution >= 4 is 10.9 Å². The van der Waals surface area contributed by atoms with Crippen molar-refractivity contribution in [3.63, 3.8) is 0 Å². The third kappa shape index (κ3) is 2.62. The first-order valence-electron chi connectivity index (χ1n) is 6.28. The minimum atomic E-state index is 0.492. The maximum Gasteiger partial charge on any atom is 0.130 e. The highest BCUT2D eigenvalue weighted by molar-refractivity contribution is 5.85. The molecule has 0 saturated carbocycles. The first-order valence-corrected chi connectivity index (χ1v) is 6.28. The van der Waals surface area contributed by atoms with E-state index in [1.807, 2.05) is 13.0 Å². The molecule has 0 amide bonds. The van der Waals surface area contributed by atoms with Gasteiger partial charge in [0.1, 0.15) is 5.75 Å². The maximum atomic E-state index is 5.67. The van der Waals surface area contributed by atoms with E-state index in [1.54, 1.807) is 7.11 Å². The Hall–Kier alpha value is -1.61. The molecule has 96 valence electrons. The fraction of sp³-hybridized carbons (Fsp3) is 0.400. The van der Waals surface area contributed by atoms with Crippen molar-refractivity contribution in [2.75, 3.05) is 13.7 Å². The van der Waals surface area contributed by atoms with Gasteiger partial charge in [-0.25, -0.2) is 0 Å². The molecule has 1 aromatic carbocycles. The molecule has 0 aliphatic heterocycles. The van der Waals surface area contributed by atoms with Gasteiger partial charge in [-0.05, 0) is 43.5 Å². The highest BCUT2D eigenvalue weighted by Gasteiger charge is 2.07. The van der Waals surface area contributed by atoms with Crippen molar-refractivity contribution in [1.29, 1.82) is 0 Å². The molecule has 18 heavy (non-hydrogen) atoms. The highest BCUT2D eigenvalue weighted by atomic mass is 16.5. The van der Waals surface area contributed by atoms with Crippen LogP contribution in [0.25, 0.3) is 10.9 Å². The van der Waals surface area contributed by atoms with Crippen LogP contribution < -0.4 is 10.5 Å². The SMILES string of the molecule is COc1cc(C)nc2ccc(CC(C)CN)cc12. The number of pyridine rings is 1. The van der Waals surface area contributed by atoms with E-state index in [0.29, 0.717) is 12.5 Å². The average Bonchev–Trinajstić information content (AvgIpc) is 2.38. The molecule has 0 spiro atoms. The van der Waals surface area contributed by atoms with Gasteiger partial charge in [-0.2, -0.15) is 0 Å². The molecule has 2 aromatic rings. The van der Waals surface area contributed by atoms with Crippen LogP contribution in [0.15, 0.2) is 24.3 Å². The lowest BCUT2D eigenvalue weighted by molar-refractivity contribution is 0.419. The van der Waals surface area contributed by atoms with Crippen LogP contribution in [-0.4, -0.2) is 18.6 Å². The topological polar surface area (TPSA) is 48.1 Å². The van der Waals surface area contributed by atoms with E-state index < -0.39 is 0 Å². The molecule has 1 unspecified atom stereocenters. The number of aromatic nitrogens is 1. The van der Waals surface area contributed by atoms with Crippen LogP contribution in [0.1, 0.15) is 18.2 Å². The fourth-order valence-corrected chi connectivity index (χ4v) is 2.15. The minimum absolute atomic E-state index is 0.492. The van der Waals surface area contributed by atoms with Gasteiger partial charge in [-0.15, -0.1) is 0 Å². The number of aryl methyl sites for hydroxylation is 1. The van der Waals surface area contributed by atoms with Crippen molar-refractivity contribution in [3.05, 3.63) is 35.5 Å². The number of benzene rings is 1. The fourth-order valence-electron chi connectivity index (χ4n) is 2.15. The Morgan fingerprint density at radius 1 is 1.33 bits per heavy atom. The summed E-state index contributed by atoms with van der Waals surface area (Å²) in [6, 6.07) is 8.31. The van der Waals surface area contributed by atoms with E-state index in [-0.39, 0.29) is 0 Å². The molecule has 0 radical (unpaired) electrons. The lowest BCUT2D eigenvalue weighted by atomic mass is 9.99. The Morgan fingerprint density at radius 2 is 2.11 bits per heavy atom. The van der Waals surface area contributed by atoms with Crippen molar-refractivity contribution < 1.29 is 4.74 Å². The molecule has 0 aliphatic rings. The minimum Gasteiger partial charge on any atom is -0.496 e. The van der Waals surface area contributed by atoms with Crippen LogP contribution in [0.4, 0.5) is 0 Å². The summed E-state index contributed by atoms with van der Waals surface area (Å²) >= 11 is 0. The van der Waals surface area contributed by atoms with Gasteiger partial charge in [0.05, 0.1) is 12.6 Å². The van der Waals surface area contributed by atoms with E-state index in [1.165, 1.54) is 5.56 Å². The van der Waals surface area contributed by atoms with Crippen LogP contribution in [-0.2, 0) is 6.42 Å². The summed E-state index contributed by atoms with van der Waals surface area (Å²) in [4.78, 5) is 4.52. The summed E-state index contributed by atoms with van der Waals surface area (Å²) in [5.74, 6) is 1.38. The third-order valence-corrected chi connectivity index (χ3v) is 3.17. The molecule has 0 aliphatic carbocycles. The molecule has 1 atom stereocenters. The average molecular weight is 244 g/mol. The summed E-state index contributed by atoms with van der Waals surface area (Å²) < 4.78 is 5.43. The number of rotatable bonds is 4. The monoisotopic (exact) mass is 244 g/mol. The van der Waals surface area contributed by atoms with E-state index in [2.05, 4.69) is 30.1 Å². The number of ether oxygens (including phenoxy) is 1. The van der Waals surface area contributed by atoms with Crippen LogP contribution >= 0.6 is 0 Å². The van der Waals surface area contributed by atoms with Gasteiger partial charge < -0.3 is 10.5 Å². The molecule has 1 aromatic heterocycles. The second kappa shape index (κ2) is 5.36. The predicted octanol–water partition coefficient (Wildman–Crippen LogP) is 2.69. The summed E-state index contributed by atoms with van der Waals surface area (Å²) in [5.41, 5.74) is 8.91. The highest BCUT2D eigenvalue weighted by Crippen LogP contribution is 2.26. The Balaban J connectivity index is 2.46. The van der Waals surface area contributed by atoms with E-state index in [4.69, 9.17) is 10.5 Å². The molecule has 2 rings (SSSR count). The molecular formula is C15H20N2O. The zero-order valence-corrected chi connectivity index (χ0v) is 11.2. The van der Waals surface area contributed by atoms with Crippen LogP contribution in [0.3, 0.4) is 0 Å². The zero-order valence-electron chi connectivity index (χ0n) is 11.2. The lowest BCUT2D eigenvalue weighted by Crippen LogP contribution is -2.13. The van der Waals surface area contributed by atoms with E-state index in [9.17, 15) is 0 Å². The van der Waals surface area contributed by atoms with Gasteiger partial charge in [0.2, 0.25) is 0 Å². The second-order valence-corrected chi connectivity index (χ2v) is 4.86. The summed E-state index contributed by atoms with van der Waals surface area (Å²) in [6.45, 7) is 4.85. The molecule has 2 N–H and O–H groups in total. The second-order valence-electron chi connectivity index (χ2n) is 4.86. The number of nitrogens with zero attached hydrogens (tertiary/aromatic N) is 1. The lowest BCUT2D eigenvalue weighted by Gasteiger charge is -2.11. The Morgan fingerprint density at radius 3 is 2.78 bits per heavy atom. The van der Waals surface area contributed by atoms with Crippen LogP contribution in [0.5, 0.6) is 5.75 Å². The van der Waals surface area contributed by atoms with Gasteiger partial charge >= 0.3 is 0 Å². The number of hydrogen-bond acceptors (Lipinski definition) is 3.